The molecule has 0 saturated carbocycles. The number of thiophene rings is 1. The van der Waals surface area contributed by atoms with Crippen LogP contribution >= 0.6 is 11.3 Å². The van der Waals surface area contributed by atoms with Gasteiger partial charge in [-0.1, -0.05) is 6.07 Å². The van der Waals surface area contributed by atoms with Gasteiger partial charge in [0.05, 0.1) is 6.10 Å². The summed E-state index contributed by atoms with van der Waals surface area (Å²) in [7, 11) is 0. The standard InChI is InChI=1S/C13H12F2OS/c1-8-5-9(7-17-8)13(16)6-10-11(14)3-2-4-12(10)15/h2-5,7,13,16H,6H2,1H3. The molecule has 0 aliphatic carbocycles. The predicted octanol–water partition coefficient (Wildman–Crippen LogP) is 3.61. The molecule has 0 saturated heterocycles. The molecule has 1 unspecified atom stereocenters. The zero-order valence-corrected chi connectivity index (χ0v) is 10.1. The highest BCUT2D eigenvalue weighted by molar-refractivity contribution is 7.10. The van der Waals surface area contributed by atoms with Gasteiger partial charge in [0.2, 0.25) is 0 Å². The Morgan fingerprint density at radius 1 is 1.29 bits per heavy atom. The van der Waals surface area contributed by atoms with Gasteiger partial charge >= 0.3 is 0 Å². The van der Waals surface area contributed by atoms with Crippen molar-refractivity contribution in [3.63, 3.8) is 0 Å². The lowest BCUT2D eigenvalue weighted by molar-refractivity contribution is 0.176. The van der Waals surface area contributed by atoms with Crippen LogP contribution in [0.5, 0.6) is 0 Å². The average Bonchev–Trinajstić information content (AvgIpc) is 2.70. The van der Waals surface area contributed by atoms with Gasteiger partial charge in [0.15, 0.2) is 0 Å². The summed E-state index contributed by atoms with van der Waals surface area (Å²) in [5.74, 6) is -1.23. The number of halogens is 2. The highest BCUT2D eigenvalue weighted by Gasteiger charge is 2.15. The molecule has 1 heterocycles. The van der Waals surface area contributed by atoms with Crippen LogP contribution in [0.4, 0.5) is 8.78 Å². The van der Waals surface area contributed by atoms with Crippen molar-refractivity contribution in [2.45, 2.75) is 19.4 Å². The molecule has 2 rings (SSSR count). The maximum Gasteiger partial charge on any atom is 0.129 e. The van der Waals surface area contributed by atoms with E-state index < -0.39 is 17.7 Å². The maximum absolute atomic E-state index is 13.4. The van der Waals surface area contributed by atoms with Gasteiger partial charge < -0.3 is 5.11 Å². The van der Waals surface area contributed by atoms with E-state index in [9.17, 15) is 13.9 Å². The second-order valence-corrected chi connectivity index (χ2v) is 5.03. The monoisotopic (exact) mass is 254 g/mol. The van der Waals surface area contributed by atoms with Gasteiger partial charge in [0.25, 0.3) is 0 Å². The largest absolute Gasteiger partial charge is 0.388 e. The number of hydrogen-bond donors (Lipinski definition) is 1. The number of rotatable bonds is 3. The first-order chi connectivity index (χ1) is 8.08. The van der Waals surface area contributed by atoms with Gasteiger partial charge in [0, 0.05) is 16.9 Å². The van der Waals surface area contributed by atoms with Crippen LogP contribution in [0.1, 0.15) is 22.1 Å². The van der Waals surface area contributed by atoms with Crippen LogP contribution in [0, 0.1) is 18.6 Å². The lowest BCUT2D eigenvalue weighted by atomic mass is 10.0. The van der Waals surface area contributed by atoms with Crippen LogP contribution in [0.2, 0.25) is 0 Å². The zero-order valence-electron chi connectivity index (χ0n) is 9.28. The second-order valence-electron chi connectivity index (χ2n) is 3.91. The molecule has 0 aliphatic rings. The summed E-state index contributed by atoms with van der Waals surface area (Å²) in [4.78, 5) is 1.06. The lowest BCUT2D eigenvalue weighted by Crippen LogP contribution is -2.04. The van der Waals surface area contributed by atoms with Gasteiger partial charge in [-0.25, -0.2) is 8.78 Å². The minimum Gasteiger partial charge on any atom is -0.388 e. The van der Waals surface area contributed by atoms with E-state index >= 15 is 0 Å². The molecule has 0 spiro atoms. The SMILES string of the molecule is Cc1cc(C(O)Cc2c(F)cccc2F)cs1. The smallest absolute Gasteiger partial charge is 0.129 e. The third-order valence-corrected chi connectivity index (χ3v) is 3.47. The molecule has 4 heteroatoms. The average molecular weight is 254 g/mol. The summed E-state index contributed by atoms with van der Waals surface area (Å²) in [6.45, 7) is 1.92. The number of hydrogen-bond acceptors (Lipinski definition) is 2. The molecule has 1 aromatic heterocycles. The summed E-state index contributed by atoms with van der Waals surface area (Å²) in [6.07, 6.45) is -0.916. The van der Waals surface area contributed by atoms with E-state index in [0.717, 1.165) is 4.88 Å². The van der Waals surface area contributed by atoms with Crippen LogP contribution in [-0.4, -0.2) is 5.11 Å². The molecule has 17 heavy (non-hydrogen) atoms. The summed E-state index contributed by atoms with van der Waals surface area (Å²) >= 11 is 1.50. The number of aliphatic hydroxyl groups is 1. The third kappa shape index (κ3) is 2.70. The van der Waals surface area contributed by atoms with Gasteiger partial charge in [-0.3, -0.25) is 0 Å². The maximum atomic E-state index is 13.4. The van der Waals surface area contributed by atoms with E-state index in [2.05, 4.69) is 0 Å². The molecule has 1 N–H and O–H groups in total. The van der Waals surface area contributed by atoms with Crippen molar-refractivity contribution < 1.29 is 13.9 Å². The lowest BCUT2D eigenvalue weighted by Gasteiger charge is -2.10. The highest BCUT2D eigenvalue weighted by Crippen LogP contribution is 2.25. The summed E-state index contributed by atoms with van der Waals surface area (Å²) < 4.78 is 26.8. The van der Waals surface area contributed by atoms with E-state index in [1.807, 2.05) is 13.0 Å². The van der Waals surface area contributed by atoms with Crippen molar-refractivity contribution in [2.24, 2.45) is 0 Å². The van der Waals surface area contributed by atoms with Crippen LogP contribution in [0.25, 0.3) is 0 Å². The molecule has 0 radical (unpaired) electrons. The molecule has 0 aliphatic heterocycles. The zero-order chi connectivity index (χ0) is 12.4. The minimum absolute atomic E-state index is 0.0469. The van der Waals surface area contributed by atoms with Crippen molar-refractivity contribution in [3.05, 3.63) is 57.3 Å². The second kappa shape index (κ2) is 4.94. The van der Waals surface area contributed by atoms with E-state index in [4.69, 9.17) is 0 Å². The van der Waals surface area contributed by atoms with E-state index in [-0.39, 0.29) is 12.0 Å². The van der Waals surface area contributed by atoms with Crippen LogP contribution in [0.3, 0.4) is 0 Å². The molecule has 0 fully saturated rings. The van der Waals surface area contributed by atoms with Crippen molar-refractivity contribution in [1.29, 1.82) is 0 Å². The minimum atomic E-state index is -0.869. The number of aryl methyl sites for hydroxylation is 1. The van der Waals surface area contributed by atoms with Crippen LogP contribution < -0.4 is 0 Å². The van der Waals surface area contributed by atoms with Gasteiger partial charge in [-0.2, -0.15) is 0 Å². The fourth-order valence-electron chi connectivity index (χ4n) is 1.68. The molecule has 2 aromatic rings. The Morgan fingerprint density at radius 3 is 2.47 bits per heavy atom. The van der Waals surface area contributed by atoms with Gasteiger partial charge in [0.1, 0.15) is 11.6 Å². The Morgan fingerprint density at radius 2 is 1.94 bits per heavy atom. The normalized spacial score (nSPS) is 12.7. The third-order valence-electron chi connectivity index (χ3n) is 2.59. The Bertz CT molecular complexity index is 502. The Kier molecular flexibility index (Phi) is 3.54. The summed E-state index contributed by atoms with van der Waals surface area (Å²) in [6, 6.07) is 5.54. The van der Waals surface area contributed by atoms with Crippen LogP contribution in [0.15, 0.2) is 29.6 Å². The quantitative estimate of drug-likeness (QED) is 0.887. The fraction of sp³-hybridized carbons (Fsp3) is 0.231. The summed E-state index contributed by atoms with van der Waals surface area (Å²) in [5.41, 5.74) is 0.638. The first kappa shape index (κ1) is 12.2. The molecule has 0 bridgehead atoms. The molecule has 1 atom stereocenters. The molecule has 1 nitrogen and oxygen atoms in total. The molecular formula is C13H12F2OS. The van der Waals surface area contributed by atoms with Gasteiger partial charge in [-0.05, 0) is 36.1 Å². The number of aliphatic hydroxyl groups excluding tert-OH is 1. The topological polar surface area (TPSA) is 20.2 Å². The first-order valence-electron chi connectivity index (χ1n) is 5.24. The fourth-order valence-corrected chi connectivity index (χ4v) is 2.43. The summed E-state index contributed by atoms with van der Waals surface area (Å²) in [5, 5.41) is 11.7. The Balaban J connectivity index is 2.21. The van der Waals surface area contributed by atoms with Crippen molar-refractivity contribution in [3.8, 4) is 0 Å². The van der Waals surface area contributed by atoms with Crippen LogP contribution in [-0.2, 0) is 6.42 Å². The molecule has 1 aromatic carbocycles. The van der Waals surface area contributed by atoms with E-state index in [1.165, 1.54) is 29.5 Å². The first-order valence-corrected chi connectivity index (χ1v) is 6.12. The van der Waals surface area contributed by atoms with Crippen molar-refractivity contribution in [1.82, 2.24) is 0 Å². The Hall–Kier alpha value is -1.26. The molecular weight excluding hydrogens is 242 g/mol. The predicted molar refractivity (Wildman–Crippen MR) is 64.1 cm³/mol. The van der Waals surface area contributed by atoms with E-state index in [0.29, 0.717) is 5.56 Å². The number of benzene rings is 1. The van der Waals surface area contributed by atoms with Crippen molar-refractivity contribution >= 4 is 11.3 Å². The molecule has 90 valence electrons. The van der Waals surface area contributed by atoms with Gasteiger partial charge in [-0.15, -0.1) is 11.3 Å². The Labute approximate surface area is 102 Å². The molecule has 0 amide bonds. The van der Waals surface area contributed by atoms with Crippen molar-refractivity contribution in [2.75, 3.05) is 0 Å². The van der Waals surface area contributed by atoms with E-state index in [1.54, 1.807) is 5.38 Å². The highest BCUT2D eigenvalue weighted by atomic mass is 32.1.